The maximum Gasteiger partial charge on any atom is 0.278 e. The second-order valence-corrected chi connectivity index (χ2v) is 6.95. The maximum atomic E-state index is 14.7. The molecule has 1 aliphatic rings. The number of rotatable bonds is 2. The van der Waals surface area contributed by atoms with Gasteiger partial charge in [-0.3, -0.25) is 9.36 Å². The van der Waals surface area contributed by atoms with Gasteiger partial charge in [0.15, 0.2) is 0 Å². The number of nitrogens with two attached hydrogens (primary N) is 1. The summed E-state index contributed by atoms with van der Waals surface area (Å²) in [5, 5.41) is 9.82. The lowest BCUT2D eigenvalue weighted by Crippen LogP contribution is -2.44. The van der Waals surface area contributed by atoms with E-state index in [0.29, 0.717) is 18.9 Å². The molecular formula is C19H19ClF2N6O. The van der Waals surface area contributed by atoms with E-state index in [9.17, 15) is 18.8 Å². The van der Waals surface area contributed by atoms with Gasteiger partial charge in [0.2, 0.25) is 0 Å². The summed E-state index contributed by atoms with van der Waals surface area (Å²) in [7, 11) is 1.52. The predicted molar refractivity (Wildman–Crippen MR) is 108 cm³/mol. The van der Waals surface area contributed by atoms with Gasteiger partial charge >= 0.3 is 0 Å². The Balaban J connectivity index is 0.00000240. The Bertz CT molecular complexity index is 1180. The SMILES string of the molecule is Cl.Cn1cnc2c(C#N)c(N3CCC[C@H](N)C3)n(-c3ccc(F)cc3F)c2c1=O. The minimum Gasteiger partial charge on any atom is -0.355 e. The molecule has 0 amide bonds. The molecule has 152 valence electrons. The molecule has 1 atom stereocenters. The Labute approximate surface area is 171 Å². The number of aromatic nitrogens is 3. The zero-order valence-electron chi connectivity index (χ0n) is 15.6. The van der Waals surface area contributed by atoms with Gasteiger partial charge in [-0.1, -0.05) is 0 Å². The first-order valence-electron chi connectivity index (χ1n) is 8.88. The number of benzene rings is 1. The van der Waals surface area contributed by atoms with E-state index in [0.717, 1.165) is 25.0 Å². The van der Waals surface area contributed by atoms with Gasteiger partial charge in [-0.2, -0.15) is 5.26 Å². The quantitative estimate of drug-likeness (QED) is 0.686. The Morgan fingerprint density at radius 3 is 2.76 bits per heavy atom. The van der Waals surface area contributed by atoms with Crippen LogP contribution in [-0.4, -0.2) is 33.2 Å². The summed E-state index contributed by atoms with van der Waals surface area (Å²) in [4.78, 5) is 19.0. The van der Waals surface area contributed by atoms with Crippen molar-refractivity contribution in [2.45, 2.75) is 18.9 Å². The van der Waals surface area contributed by atoms with Gasteiger partial charge in [0.05, 0.1) is 12.0 Å². The first-order chi connectivity index (χ1) is 13.4. The number of hydrogen-bond donors (Lipinski definition) is 1. The van der Waals surface area contributed by atoms with Crippen LogP contribution in [0, 0.1) is 23.0 Å². The highest BCUT2D eigenvalue weighted by Crippen LogP contribution is 2.35. The van der Waals surface area contributed by atoms with Crippen LogP contribution in [0.15, 0.2) is 29.3 Å². The Kier molecular flexibility index (Phi) is 5.59. The lowest BCUT2D eigenvalue weighted by molar-refractivity contribution is 0.501. The van der Waals surface area contributed by atoms with Crippen molar-refractivity contribution in [3.05, 3.63) is 52.1 Å². The van der Waals surface area contributed by atoms with Gasteiger partial charge in [0.25, 0.3) is 5.56 Å². The summed E-state index contributed by atoms with van der Waals surface area (Å²) in [5.74, 6) is -1.21. The summed E-state index contributed by atoms with van der Waals surface area (Å²) >= 11 is 0. The number of hydrogen-bond acceptors (Lipinski definition) is 5. The van der Waals surface area contributed by atoms with Crippen molar-refractivity contribution in [2.75, 3.05) is 18.0 Å². The molecule has 0 spiro atoms. The number of nitrogens with zero attached hydrogens (tertiary/aromatic N) is 5. The average Bonchev–Trinajstić information content (AvgIpc) is 2.99. The lowest BCUT2D eigenvalue weighted by Gasteiger charge is -2.33. The van der Waals surface area contributed by atoms with Gasteiger partial charge in [-0.05, 0) is 25.0 Å². The number of anilines is 1. The Hall–Kier alpha value is -2.96. The number of fused-ring (bicyclic) bond motifs is 1. The van der Waals surface area contributed by atoms with Crippen LogP contribution in [0.4, 0.5) is 14.6 Å². The van der Waals surface area contributed by atoms with E-state index in [4.69, 9.17) is 5.73 Å². The third-order valence-electron chi connectivity index (χ3n) is 5.02. The van der Waals surface area contributed by atoms with Crippen LogP contribution in [0.2, 0.25) is 0 Å². The fraction of sp³-hybridized carbons (Fsp3) is 0.316. The Morgan fingerprint density at radius 1 is 1.34 bits per heavy atom. The summed E-state index contributed by atoms with van der Waals surface area (Å²) in [6.07, 6.45) is 2.96. The molecule has 2 aromatic heterocycles. The fourth-order valence-electron chi connectivity index (χ4n) is 3.74. The molecule has 0 aliphatic carbocycles. The minimum absolute atomic E-state index is 0. The first-order valence-corrected chi connectivity index (χ1v) is 8.88. The molecule has 1 fully saturated rings. The van der Waals surface area contributed by atoms with Crippen molar-refractivity contribution >= 4 is 29.3 Å². The smallest absolute Gasteiger partial charge is 0.278 e. The maximum absolute atomic E-state index is 14.7. The van der Waals surface area contributed by atoms with Crippen molar-refractivity contribution < 1.29 is 8.78 Å². The molecule has 29 heavy (non-hydrogen) atoms. The molecule has 10 heteroatoms. The molecule has 3 heterocycles. The Morgan fingerprint density at radius 2 is 2.10 bits per heavy atom. The summed E-state index contributed by atoms with van der Waals surface area (Å²) in [5.41, 5.74) is 6.07. The topological polar surface area (TPSA) is 92.9 Å². The fourth-order valence-corrected chi connectivity index (χ4v) is 3.74. The summed E-state index contributed by atoms with van der Waals surface area (Å²) < 4.78 is 30.8. The van der Waals surface area contributed by atoms with Crippen molar-refractivity contribution in [3.8, 4) is 11.8 Å². The van der Waals surface area contributed by atoms with Crippen LogP contribution in [0.1, 0.15) is 18.4 Å². The van der Waals surface area contributed by atoms with Crippen LogP contribution in [0.5, 0.6) is 0 Å². The molecule has 1 aromatic carbocycles. The van der Waals surface area contributed by atoms with Gasteiger partial charge in [0.1, 0.15) is 40.1 Å². The highest BCUT2D eigenvalue weighted by atomic mass is 35.5. The molecule has 2 N–H and O–H groups in total. The van der Waals surface area contributed by atoms with Crippen LogP contribution in [-0.2, 0) is 7.05 Å². The van der Waals surface area contributed by atoms with Crippen LogP contribution >= 0.6 is 12.4 Å². The zero-order valence-corrected chi connectivity index (χ0v) is 16.4. The number of aryl methyl sites for hydroxylation is 1. The second-order valence-electron chi connectivity index (χ2n) is 6.95. The minimum atomic E-state index is -0.838. The van der Waals surface area contributed by atoms with Gasteiger partial charge in [-0.25, -0.2) is 13.8 Å². The molecule has 0 unspecified atom stereocenters. The number of halogens is 3. The van der Waals surface area contributed by atoms with Gasteiger partial charge < -0.3 is 15.2 Å². The van der Waals surface area contributed by atoms with E-state index in [-0.39, 0.29) is 40.7 Å². The van der Waals surface area contributed by atoms with E-state index < -0.39 is 17.2 Å². The molecule has 3 aromatic rings. The lowest BCUT2D eigenvalue weighted by atomic mass is 10.1. The molecule has 0 saturated carbocycles. The normalized spacial score (nSPS) is 16.5. The number of nitriles is 1. The van der Waals surface area contributed by atoms with Crippen molar-refractivity contribution in [1.29, 1.82) is 5.26 Å². The predicted octanol–water partition coefficient (Wildman–Crippen LogP) is 2.22. The first kappa shape index (κ1) is 20.8. The molecular weight excluding hydrogens is 402 g/mol. The monoisotopic (exact) mass is 420 g/mol. The molecule has 1 aliphatic heterocycles. The van der Waals surface area contributed by atoms with Crippen molar-refractivity contribution in [2.24, 2.45) is 12.8 Å². The highest BCUT2D eigenvalue weighted by molar-refractivity contribution is 5.91. The van der Waals surface area contributed by atoms with E-state index in [2.05, 4.69) is 11.1 Å². The van der Waals surface area contributed by atoms with E-state index in [1.165, 1.54) is 28.6 Å². The average molecular weight is 421 g/mol. The van der Waals surface area contributed by atoms with Crippen molar-refractivity contribution in [1.82, 2.24) is 14.1 Å². The molecule has 7 nitrogen and oxygen atoms in total. The summed E-state index contributed by atoms with van der Waals surface area (Å²) in [6.45, 7) is 1.05. The molecule has 4 rings (SSSR count). The molecule has 0 radical (unpaired) electrons. The summed E-state index contributed by atoms with van der Waals surface area (Å²) in [6, 6.07) is 5.12. The van der Waals surface area contributed by atoms with Crippen molar-refractivity contribution in [3.63, 3.8) is 0 Å². The molecule has 0 bridgehead atoms. The van der Waals surface area contributed by atoms with Crippen LogP contribution in [0.25, 0.3) is 16.7 Å². The largest absolute Gasteiger partial charge is 0.355 e. The zero-order chi connectivity index (χ0) is 20.0. The standard InChI is InChI=1S/C19H18F2N6O.ClH/c1-25-10-24-16-13(8-22)18(26-6-2-3-12(23)9-26)27(17(16)19(25)28)15-5-4-11(20)7-14(15)21;/h4-5,7,10,12H,2-3,6,9,23H2,1H3;1H/t12-;/m0./s1. The van der Waals surface area contributed by atoms with Crippen LogP contribution < -0.4 is 16.2 Å². The van der Waals surface area contributed by atoms with E-state index in [1.54, 1.807) is 0 Å². The van der Waals surface area contributed by atoms with E-state index >= 15 is 0 Å². The highest BCUT2D eigenvalue weighted by Gasteiger charge is 2.30. The van der Waals surface area contributed by atoms with Gasteiger partial charge in [0, 0.05) is 32.2 Å². The third kappa shape index (κ3) is 3.34. The third-order valence-corrected chi connectivity index (χ3v) is 5.02. The number of piperidine rings is 1. The molecule has 1 saturated heterocycles. The second kappa shape index (κ2) is 7.81. The van der Waals surface area contributed by atoms with Crippen LogP contribution in [0.3, 0.4) is 0 Å². The van der Waals surface area contributed by atoms with E-state index in [1.807, 2.05) is 4.90 Å². The van der Waals surface area contributed by atoms with Gasteiger partial charge in [-0.15, -0.1) is 12.4 Å².